The minimum absolute atomic E-state index is 0.314. The van der Waals surface area contributed by atoms with Crippen molar-refractivity contribution in [1.29, 1.82) is 0 Å². The van der Waals surface area contributed by atoms with Gasteiger partial charge in [-0.2, -0.15) is 0 Å². The Hall–Kier alpha value is -1.77. The van der Waals surface area contributed by atoms with Crippen molar-refractivity contribution in [3.05, 3.63) is 36.0 Å². The van der Waals surface area contributed by atoms with Crippen LogP contribution in [-0.4, -0.2) is 28.5 Å². The molecule has 0 N–H and O–H groups in total. The summed E-state index contributed by atoms with van der Waals surface area (Å²) in [6.45, 7) is 4.12. The lowest BCUT2D eigenvalue weighted by Gasteiger charge is -2.31. The molecule has 1 aliphatic rings. The quantitative estimate of drug-likeness (QED) is 0.848. The maximum Gasteiger partial charge on any atom is 0.222 e. The number of hydrogen-bond donors (Lipinski definition) is 0. The molecule has 0 bridgehead atoms. The van der Waals surface area contributed by atoms with E-state index >= 15 is 0 Å². The Labute approximate surface area is 126 Å². The number of likely N-dealkylation sites (tertiary alicyclic amines) is 1. The maximum atomic E-state index is 12.4. The number of nitrogens with zero attached hydrogens (tertiary/aromatic N) is 2. The van der Waals surface area contributed by atoms with Crippen LogP contribution in [0.4, 0.5) is 0 Å². The second kappa shape index (κ2) is 5.92. The van der Waals surface area contributed by atoms with Crippen LogP contribution in [0.15, 0.2) is 30.5 Å². The second-order valence-corrected chi connectivity index (χ2v) is 6.37. The third-order valence-corrected chi connectivity index (χ3v) is 4.60. The molecule has 3 heteroatoms. The summed E-state index contributed by atoms with van der Waals surface area (Å²) in [6.07, 6.45) is 6.04. The van der Waals surface area contributed by atoms with Gasteiger partial charge in [-0.25, -0.2) is 0 Å². The lowest BCUT2D eigenvalue weighted by atomic mass is 9.99. The molecule has 1 atom stereocenters. The predicted octanol–water partition coefficient (Wildman–Crippen LogP) is 3.37. The van der Waals surface area contributed by atoms with Crippen molar-refractivity contribution in [3.63, 3.8) is 0 Å². The molecule has 0 aliphatic carbocycles. The molecule has 2 heterocycles. The highest BCUT2D eigenvalue weighted by Gasteiger charge is 2.20. The normalized spacial score (nSPS) is 19.1. The Morgan fingerprint density at radius 2 is 2.14 bits per heavy atom. The number of carbonyl (C=O) groups is 1. The van der Waals surface area contributed by atoms with Gasteiger partial charge in [0.1, 0.15) is 0 Å². The number of aryl methyl sites for hydroxylation is 2. The van der Waals surface area contributed by atoms with Gasteiger partial charge in [-0.3, -0.25) is 4.79 Å². The predicted molar refractivity (Wildman–Crippen MR) is 86.2 cm³/mol. The van der Waals surface area contributed by atoms with Crippen LogP contribution in [0.25, 0.3) is 10.9 Å². The molecule has 0 radical (unpaired) electrons. The van der Waals surface area contributed by atoms with Gasteiger partial charge < -0.3 is 9.47 Å². The maximum absolute atomic E-state index is 12.4. The first-order valence-electron chi connectivity index (χ1n) is 7.96. The van der Waals surface area contributed by atoms with Gasteiger partial charge >= 0.3 is 0 Å². The number of rotatable bonds is 3. The Morgan fingerprint density at radius 3 is 2.95 bits per heavy atom. The zero-order chi connectivity index (χ0) is 14.8. The summed E-state index contributed by atoms with van der Waals surface area (Å²) in [4.78, 5) is 14.4. The Morgan fingerprint density at radius 1 is 1.33 bits per heavy atom. The number of hydrogen-bond acceptors (Lipinski definition) is 1. The Balaban J connectivity index is 1.67. The fourth-order valence-electron chi connectivity index (χ4n) is 3.44. The summed E-state index contributed by atoms with van der Waals surface area (Å²) in [7, 11) is 2.07. The number of benzene rings is 1. The molecule has 3 rings (SSSR count). The van der Waals surface area contributed by atoms with E-state index in [0.29, 0.717) is 18.2 Å². The van der Waals surface area contributed by atoms with Crippen LogP contribution in [0.3, 0.4) is 0 Å². The van der Waals surface area contributed by atoms with Crippen molar-refractivity contribution < 1.29 is 4.79 Å². The van der Waals surface area contributed by atoms with E-state index in [2.05, 4.69) is 53.9 Å². The SMILES string of the molecule is CC1CCCN(C(=O)CCc2cn(C)c3ccccc23)C1. The summed E-state index contributed by atoms with van der Waals surface area (Å²) in [5.74, 6) is 0.967. The van der Waals surface area contributed by atoms with Gasteiger partial charge in [0, 0.05) is 43.7 Å². The minimum Gasteiger partial charge on any atom is -0.350 e. The number of fused-ring (bicyclic) bond motifs is 1. The number of carbonyl (C=O) groups excluding carboxylic acids is 1. The molecule has 0 saturated carbocycles. The van der Waals surface area contributed by atoms with Gasteiger partial charge in [-0.1, -0.05) is 25.1 Å². The lowest BCUT2D eigenvalue weighted by molar-refractivity contribution is -0.132. The zero-order valence-corrected chi connectivity index (χ0v) is 13.0. The Kier molecular flexibility index (Phi) is 4.00. The highest BCUT2D eigenvalue weighted by atomic mass is 16.2. The fourth-order valence-corrected chi connectivity index (χ4v) is 3.44. The average Bonchev–Trinajstić information content (AvgIpc) is 2.82. The summed E-state index contributed by atoms with van der Waals surface area (Å²) in [5.41, 5.74) is 2.53. The fraction of sp³-hybridized carbons (Fsp3) is 0.500. The molecule has 0 spiro atoms. The number of piperidine rings is 1. The van der Waals surface area contributed by atoms with E-state index in [-0.39, 0.29) is 0 Å². The van der Waals surface area contributed by atoms with E-state index in [4.69, 9.17) is 0 Å². The van der Waals surface area contributed by atoms with Gasteiger partial charge in [-0.05, 0) is 36.8 Å². The van der Waals surface area contributed by atoms with Crippen LogP contribution in [0, 0.1) is 5.92 Å². The lowest BCUT2D eigenvalue weighted by Crippen LogP contribution is -2.39. The first-order valence-corrected chi connectivity index (χ1v) is 7.96. The molecule has 1 saturated heterocycles. The summed E-state index contributed by atoms with van der Waals surface area (Å²) in [5, 5.41) is 1.28. The van der Waals surface area contributed by atoms with E-state index in [1.54, 1.807) is 0 Å². The van der Waals surface area contributed by atoms with Crippen molar-refractivity contribution in [2.75, 3.05) is 13.1 Å². The van der Waals surface area contributed by atoms with E-state index in [0.717, 1.165) is 25.9 Å². The highest BCUT2D eigenvalue weighted by molar-refractivity contribution is 5.85. The third-order valence-electron chi connectivity index (χ3n) is 4.60. The molecule has 3 nitrogen and oxygen atoms in total. The van der Waals surface area contributed by atoms with Gasteiger partial charge in [0.05, 0.1) is 0 Å². The number of aromatic nitrogens is 1. The third kappa shape index (κ3) is 2.97. The van der Waals surface area contributed by atoms with Crippen LogP contribution < -0.4 is 0 Å². The molecule has 1 fully saturated rings. The highest BCUT2D eigenvalue weighted by Crippen LogP contribution is 2.22. The van der Waals surface area contributed by atoms with Crippen LogP contribution in [0.5, 0.6) is 0 Å². The largest absolute Gasteiger partial charge is 0.350 e. The monoisotopic (exact) mass is 284 g/mol. The first kappa shape index (κ1) is 14.2. The van der Waals surface area contributed by atoms with Gasteiger partial charge in [0.25, 0.3) is 0 Å². The van der Waals surface area contributed by atoms with Crippen molar-refractivity contribution in [1.82, 2.24) is 9.47 Å². The van der Waals surface area contributed by atoms with Gasteiger partial charge in [-0.15, -0.1) is 0 Å². The molecule has 1 amide bonds. The smallest absolute Gasteiger partial charge is 0.222 e. The molecule has 1 unspecified atom stereocenters. The van der Waals surface area contributed by atoms with Crippen molar-refractivity contribution in [3.8, 4) is 0 Å². The summed E-state index contributed by atoms with van der Waals surface area (Å²) in [6, 6.07) is 8.41. The molecule has 1 aromatic heterocycles. The molecule has 112 valence electrons. The van der Waals surface area contributed by atoms with E-state index in [1.807, 2.05) is 0 Å². The second-order valence-electron chi connectivity index (χ2n) is 6.37. The van der Waals surface area contributed by atoms with Crippen LogP contribution >= 0.6 is 0 Å². The van der Waals surface area contributed by atoms with Crippen molar-refractivity contribution in [2.45, 2.75) is 32.6 Å². The van der Waals surface area contributed by atoms with Crippen LogP contribution in [0.2, 0.25) is 0 Å². The molecule has 1 aromatic carbocycles. The first-order chi connectivity index (χ1) is 10.1. The molecular formula is C18H24N2O. The van der Waals surface area contributed by atoms with Crippen LogP contribution in [-0.2, 0) is 18.3 Å². The summed E-state index contributed by atoms with van der Waals surface area (Å²) < 4.78 is 2.15. The van der Waals surface area contributed by atoms with Gasteiger partial charge in [0.2, 0.25) is 5.91 Å². The van der Waals surface area contributed by atoms with Crippen molar-refractivity contribution >= 4 is 16.8 Å². The standard InChI is InChI=1S/C18H24N2O/c1-14-6-5-11-20(12-14)18(21)10-9-15-13-19(2)17-8-4-3-7-16(15)17/h3-4,7-8,13-14H,5-6,9-12H2,1-2H3. The molecule has 2 aromatic rings. The number of amides is 1. The molecular weight excluding hydrogens is 260 g/mol. The van der Waals surface area contributed by atoms with E-state index < -0.39 is 0 Å². The Bertz CT molecular complexity index is 644. The summed E-state index contributed by atoms with van der Waals surface area (Å²) >= 11 is 0. The topological polar surface area (TPSA) is 25.2 Å². The minimum atomic E-state index is 0.314. The van der Waals surface area contributed by atoms with Gasteiger partial charge in [0.15, 0.2) is 0 Å². The molecule has 1 aliphatic heterocycles. The zero-order valence-electron chi connectivity index (χ0n) is 13.0. The molecule has 21 heavy (non-hydrogen) atoms. The average molecular weight is 284 g/mol. The van der Waals surface area contributed by atoms with Crippen LogP contribution in [0.1, 0.15) is 31.7 Å². The number of para-hydroxylation sites is 1. The van der Waals surface area contributed by atoms with E-state index in [1.165, 1.54) is 22.9 Å². The van der Waals surface area contributed by atoms with E-state index in [9.17, 15) is 4.79 Å². The van der Waals surface area contributed by atoms with Crippen molar-refractivity contribution in [2.24, 2.45) is 13.0 Å².